The smallest absolute Gasteiger partial charge is 0.135 e. The minimum Gasteiger partial charge on any atom is -0.456 e. The minimum atomic E-state index is 1.01. The second-order valence-corrected chi connectivity index (χ2v) is 8.86. The molecule has 162 valence electrons. The highest BCUT2D eigenvalue weighted by atomic mass is 16.5. The van der Waals surface area contributed by atoms with Crippen LogP contribution in [0.15, 0.2) is 99.6 Å². The number of nitrogens with one attached hydrogen (secondary N) is 1. The zero-order valence-corrected chi connectivity index (χ0v) is 18.9. The van der Waals surface area contributed by atoms with Gasteiger partial charge in [-0.2, -0.15) is 0 Å². The summed E-state index contributed by atoms with van der Waals surface area (Å²) in [5, 5.41) is 3.51. The van der Waals surface area contributed by atoms with Gasteiger partial charge in [-0.25, -0.2) is 0 Å². The monoisotopic (exact) mass is 422 g/mol. The third-order valence-corrected chi connectivity index (χ3v) is 6.53. The topological polar surface area (TPSA) is 33.6 Å². The normalized spacial score (nSPS) is 19.6. The Morgan fingerprint density at radius 2 is 1.62 bits per heavy atom. The summed E-state index contributed by atoms with van der Waals surface area (Å²) < 4.78 is 6.65. The maximum Gasteiger partial charge on any atom is 0.135 e. The summed E-state index contributed by atoms with van der Waals surface area (Å²) in [5.41, 5.74) is 9.71. The molecule has 0 aromatic heterocycles. The van der Waals surface area contributed by atoms with Crippen molar-refractivity contribution in [2.75, 3.05) is 5.32 Å². The molecule has 3 aliphatic rings. The lowest BCUT2D eigenvalue weighted by Crippen LogP contribution is -2.16. The van der Waals surface area contributed by atoms with E-state index in [-0.39, 0.29) is 0 Å². The van der Waals surface area contributed by atoms with E-state index in [2.05, 4.69) is 73.9 Å². The zero-order valence-electron chi connectivity index (χ0n) is 18.9. The summed E-state index contributed by atoms with van der Waals surface area (Å²) in [4.78, 5) is 4.80. The molecule has 0 amide bonds. The Kier molecular flexibility index (Phi) is 5.81. The van der Waals surface area contributed by atoms with Gasteiger partial charge in [0.15, 0.2) is 0 Å². The van der Waals surface area contributed by atoms with Crippen LogP contribution in [0.2, 0.25) is 0 Å². The van der Waals surface area contributed by atoms with Crippen molar-refractivity contribution >= 4 is 17.6 Å². The molecule has 0 atom stereocenters. The van der Waals surface area contributed by atoms with Crippen LogP contribution in [0.25, 0.3) is 0 Å². The van der Waals surface area contributed by atoms with Gasteiger partial charge in [-0.15, -0.1) is 0 Å². The third kappa shape index (κ3) is 4.20. The maximum absolute atomic E-state index is 6.65. The SMILES string of the molecule is Cc1ccccc1N=CC1=C2OC3=C(C=C2CCC1)CCC/C3=C\Nc1ccccc1C. The third-order valence-electron chi connectivity index (χ3n) is 6.53. The fourth-order valence-corrected chi connectivity index (χ4v) is 4.67. The number of hydrogen-bond acceptors (Lipinski definition) is 3. The van der Waals surface area contributed by atoms with Crippen LogP contribution in [0.4, 0.5) is 11.4 Å². The summed E-state index contributed by atoms with van der Waals surface area (Å²) in [6.45, 7) is 4.23. The van der Waals surface area contributed by atoms with Crippen LogP contribution in [-0.2, 0) is 4.74 Å². The summed E-state index contributed by atoms with van der Waals surface area (Å²) in [6.07, 6.45) is 13.0. The largest absolute Gasteiger partial charge is 0.456 e. The standard InChI is InChI=1S/C29H30N2O/c1-20-9-3-5-15-26(20)30-18-24-13-7-11-22-17-23-12-8-14-25(29(23)32-28(22)24)19-31-27-16-6-4-10-21(27)2/h3-6,9-10,15-19,30H,7-8,11-14H2,1-2H3/b24-18+,31-19?. The van der Waals surface area contributed by atoms with E-state index in [0.29, 0.717) is 0 Å². The molecule has 0 spiro atoms. The van der Waals surface area contributed by atoms with Gasteiger partial charge in [0, 0.05) is 29.2 Å². The van der Waals surface area contributed by atoms with Crippen molar-refractivity contribution in [3.63, 3.8) is 0 Å². The fourth-order valence-electron chi connectivity index (χ4n) is 4.67. The maximum atomic E-state index is 6.65. The predicted molar refractivity (Wildman–Crippen MR) is 133 cm³/mol. The summed E-state index contributed by atoms with van der Waals surface area (Å²) in [6, 6.07) is 16.7. The van der Waals surface area contributed by atoms with Crippen LogP contribution in [0.1, 0.15) is 49.7 Å². The van der Waals surface area contributed by atoms with E-state index in [1.165, 1.54) is 33.4 Å². The van der Waals surface area contributed by atoms with E-state index in [4.69, 9.17) is 9.73 Å². The lowest BCUT2D eigenvalue weighted by Gasteiger charge is -2.31. The molecule has 5 rings (SSSR count). The molecule has 0 saturated heterocycles. The average molecular weight is 423 g/mol. The first kappa shape index (κ1) is 20.6. The second kappa shape index (κ2) is 9.04. The summed E-state index contributed by atoms with van der Waals surface area (Å²) >= 11 is 0. The highest BCUT2D eigenvalue weighted by molar-refractivity contribution is 5.84. The van der Waals surface area contributed by atoms with Crippen LogP contribution in [0.5, 0.6) is 0 Å². The molecule has 1 N–H and O–H groups in total. The van der Waals surface area contributed by atoms with Crippen LogP contribution in [0.3, 0.4) is 0 Å². The van der Waals surface area contributed by atoms with Gasteiger partial charge in [-0.1, -0.05) is 36.4 Å². The molecule has 2 aliphatic carbocycles. The van der Waals surface area contributed by atoms with Gasteiger partial charge in [-0.3, -0.25) is 4.99 Å². The molecule has 0 saturated carbocycles. The second-order valence-electron chi connectivity index (χ2n) is 8.86. The van der Waals surface area contributed by atoms with E-state index >= 15 is 0 Å². The number of para-hydroxylation sites is 2. The molecule has 0 unspecified atom stereocenters. The first-order valence-corrected chi connectivity index (χ1v) is 11.7. The van der Waals surface area contributed by atoms with Crippen LogP contribution < -0.4 is 5.32 Å². The number of allylic oxidation sites excluding steroid dienone is 5. The zero-order chi connectivity index (χ0) is 21.9. The molecule has 0 radical (unpaired) electrons. The number of ether oxygens (including phenoxy) is 1. The van der Waals surface area contributed by atoms with Gasteiger partial charge in [0.2, 0.25) is 0 Å². The van der Waals surface area contributed by atoms with Crippen molar-refractivity contribution in [2.45, 2.75) is 52.4 Å². The quantitative estimate of drug-likeness (QED) is 0.509. The molecule has 2 aromatic rings. The Bertz CT molecular complexity index is 1190. The van der Waals surface area contributed by atoms with Crippen LogP contribution in [0, 0.1) is 13.8 Å². The van der Waals surface area contributed by atoms with Gasteiger partial charge in [0.05, 0.1) is 5.69 Å². The number of fused-ring (bicyclic) bond motifs is 1. The van der Waals surface area contributed by atoms with Crippen molar-refractivity contribution in [1.29, 1.82) is 0 Å². The molecule has 0 fully saturated rings. The number of aliphatic imine (C=N–C) groups is 1. The molecule has 3 heteroatoms. The Balaban J connectivity index is 1.45. The first-order chi connectivity index (χ1) is 15.7. The van der Waals surface area contributed by atoms with E-state index in [0.717, 1.165) is 61.4 Å². The molecule has 2 aromatic carbocycles. The van der Waals surface area contributed by atoms with Crippen molar-refractivity contribution in [1.82, 2.24) is 0 Å². The van der Waals surface area contributed by atoms with E-state index in [1.807, 2.05) is 12.3 Å². The Morgan fingerprint density at radius 1 is 0.844 bits per heavy atom. The number of hydrogen-bond donors (Lipinski definition) is 1. The summed E-state index contributed by atoms with van der Waals surface area (Å²) in [7, 11) is 0. The average Bonchev–Trinajstić information content (AvgIpc) is 2.82. The number of benzene rings is 2. The highest BCUT2D eigenvalue weighted by Gasteiger charge is 2.28. The van der Waals surface area contributed by atoms with Crippen molar-refractivity contribution in [3.8, 4) is 0 Å². The fraction of sp³-hybridized carbons (Fsp3) is 0.276. The Morgan fingerprint density at radius 3 is 2.47 bits per heavy atom. The van der Waals surface area contributed by atoms with E-state index in [1.54, 1.807) is 0 Å². The molecular formula is C29H30N2O. The van der Waals surface area contributed by atoms with E-state index in [9.17, 15) is 0 Å². The molecule has 1 aliphatic heterocycles. The molecular weight excluding hydrogens is 392 g/mol. The molecule has 1 heterocycles. The minimum absolute atomic E-state index is 1.01. The first-order valence-electron chi connectivity index (χ1n) is 11.7. The number of rotatable bonds is 4. The molecule has 32 heavy (non-hydrogen) atoms. The Labute approximate surface area is 190 Å². The predicted octanol–water partition coefficient (Wildman–Crippen LogP) is 7.83. The highest BCUT2D eigenvalue weighted by Crippen LogP contribution is 2.42. The Hall–Kier alpha value is -3.33. The van der Waals surface area contributed by atoms with Crippen LogP contribution >= 0.6 is 0 Å². The number of nitrogens with zero attached hydrogens (tertiary/aromatic N) is 1. The molecule has 0 bridgehead atoms. The van der Waals surface area contributed by atoms with E-state index < -0.39 is 0 Å². The summed E-state index contributed by atoms with van der Waals surface area (Å²) in [5.74, 6) is 2.07. The molecule has 3 nitrogen and oxygen atoms in total. The van der Waals surface area contributed by atoms with Gasteiger partial charge < -0.3 is 10.1 Å². The van der Waals surface area contributed by atoms with Crippen molar-refractivity contribution in [2.24, 2.45) is 4.99 Å². The number of aryl methyl sites for hydroxylation is 2. The van der Waals surface area contributed by atoms with Crippen LogP contribution in [-0.4, -0.2) is 6.21 Å². The van der Waals surface area contributed by atoms with Gasteiger partial charge in [-0.05, 0) is 92.9 Å². The van der Waals surface area contributed by atoms with Crippen molar-refractivity contribution in [3.05, 3.63) is 106 Å². The van der Waals surface area contributed by atoms with Crippen molar-refractivity contribution < 1.29 is 4.74 Å². The number of anilines is 1. The lowest BCUT2D eigenvalue weighted by molar-refractivity contribution is 0.293. The van der Waals surface area contributed by atoms with Gasteiger partial charge >= 0.3 is 0 Å². The van der Waals surface area contributed by atoms with Gasteiger partial charge in [0.1, 0.15) is 11.5 Å². The van der Waals surface area contributed by atoms with Gasteiger partial charge in [0.25, 0.3) is 0 Å². The lowest BCUT2D eigenvalue weighted by atomic mass is 9.86.